The minimum atomic E-state index is -6.70. The number of benzene rings is 8. The number of carboxylic acids is 1. The van der Waals surface area contributed by atoms with E-state index in [2.05, 4.69) is 53.2 Å². The molecule has 3 aliphatic rings. The molecule has 116 heavy (non-hydrogen) atoms. The van der Waals surface area contributed by atoms with Crippen molar-refractivity contribution in [3.63, 3.8) is 0 Å². The first-order valence-electron chi connectivity index (χ1n) is 33.1. The fraction of sp³-hybridized carbons (Fsp3) is 0.280. The highest BCUT2D eigenvalue weighted by Crippen LogP contribution is 2.55. The van der Waals surface area contributed by atoms with Crippen molar-refractivity contribution in [2.24, 2.45) is 17.8 Å². The van der Waals surface area contributed by atoms with Gasteiger partial charge in [-0.25, -0.2) is 31.0 Å². The van der Waals surface area contributed by atoms with Gasteiger partial charge in [-0.05, 0) is 235 Å². The summed E-state index contributed by atoms with van der Waals surface area (Å²) in [5, 5.41) is 9.53. The molecule has 0 aliphatic heterocycles. The first-order valence-corrected chi connectivity index (χ1v) is 39.0. The molecule has 0 spiro atoms. The smallest absolute Gasteiger partial charge is 0.435 e. The Morgan fingerprint density at radius 2 is 0.776 bits per heavy atom. The predicted octanol–water partition coefficient (Wildman–Crippen LogP) is 25.0. The molecule has 0 saturated heterocycles. The van der Waals surface area contributed by atoms with E-state index in [1.807, 2.05) is 0 Å². The molecular formula is C75H54Br2Cl6F20N4O8S. The maximum absolute atomic E-state index is 15.8. The molecule has 8 aromatic rings. The Labute approximate surface area is 693 Å². The van der Waals surface area contributed by atoms with Crippen LogP contribution in [0.1, 0.15) is 135 Å². The van der Waals surface area contributed by atoms with Gasteiger partial charge in [-0.1, -0.05) is 68.9 Å². The molecule has 3 saturated carbocycles. The normalized spacial score (nSPS) is 14.2. The number of hydrogen-bond acceptors (Lipinski definition) is 8. The molecule has 624 valence electrons. The highest BCUT2D eigenvalue weighted by atomic mass is 79.9. The summed E-state index contributed by atoms with van der Waals surface area (Å²) in [5.74, 6) is -6.43. The molecular weight excluding hydrogens is 1870 g/mol. The lowest BCUT2D eigenvalue weighted by Gasteiger charge is -2.31. The Morgan fingerprint density at radius 1 is 0.466 bits per heavy atom. The Balaban J connectivity index is 0.000000223. The van der Waals surface area contributed by atoms with Gasteiger partial charge in [-0.15, -0.1) is 0 Å². The topological polar surface area (TPSA) is 175 Å². The third-order valence-electron chi connectivity index (χ3n) is 17.5. The molecule has 1 unspecified atom stereocenters. The van der Waals surface area contributed by atoms with Gasteiger partial charge in [0.05, 0.1) is 50.6 Å². The first-order chi connectivity index (χ1) is 53.6. The molecule has 12 nitrogen and oxygen atoms in total. The Hall–Kier alpha value is -7.77. The molecule has 0 aromatic heterocycles. The number of rotatable bonds is 19. The average Bonchev–Trinajstić information content (AvgIpc) is 1.19. The number of halogens is 28. The average molecular weight is 1920 g/mol. The van der Waals surface area contributed by atoms with Gasteiger partial charge in [-0.3, -0.25) is 24.0 Å². The van der Waals surface area contributed by atoms with Crippen molar-refractivity contribution in [3.8, 4) is 0 Å². The van der Waals surface area contributed by atoms with Crippen molar-refractivity contribution in [1.82, 2.24) is 0 Å². The van der Waals surface area contributed by atoms with E-state index in [-0.39, 0.29) is 65.8 Å². The van der Waals surface area contributed by atoms with Crippen LogP contribution >= 0.6 is 99.6 Å². The van der Waals surface area contributed by atoms with E-state index in [4.69, 9.17) is 61.5 Å². The number of hydrogen-bond donors (Lipinski definition) is 2. The standard InChI is InChI=1S/C29H18BrClF11NO2.C18H14Cl2FNO2.C18H15ClFNO3.C10H7BrF7N.Cl2OS/c30-21-11-16(26(33,28(37,38)39)29(40,41)42)10-20(27(34,35)36)19(21)12-23(44)18-2-1-3-22(24(18)32)43(13-14-4-5-14)25(45)15-6-8-17(31)9-7-15;19-13-8-6-12(7-9-13)18(24)22(10-11-4-5-11)15-3-1-2-14(16(15)21)17(20)23;19-13-8-6-12(7-9-13)17(22)21(10-11-4-5-11)15-3-1-2-14(16(15)20)18(23)24;1-8(12,10(16,17)18)4-2-5(9(13,14)15)7(19)6(11)3-4;1-4(2)3/h1-3,6-11,14H,4-5,12-13H2;1-3,6-9,11H,4-5,10H2;1-3,6-9,11H,4-5,10H2,(H,23,24);2-3H,19H2,1H3;. The number of ketones is 1. The van der Waals surface area contributed by atoms with Crippen molar-refractivity contribution in [3.05, 3.63) is 254 Å². The number of carbonyl (C=O) groups is 6. The van der Waals surface area contributed by atoms with Gasteiger partial charge in [0.15, 0.2) is 23.2 Å². The minimum absolute atomic E-state index is 0.000146. The quantitative estimate of drug-likeness (QED) is 0.0345. The van der Waals surface area contributed by atoms with Gasteiger partial charge in [-0.2, -0.15) is 65.9 Å². The molecule has 0 bridgehead atoms. The number of carbonyl (C=O) groups excluding carboxylic acids is 5. The van der Waals surface area contributed by atoms with Crippen molar-refractivity contribution in [2.45, 2.75) is 94.1 Å². The number of amides is 3. The minimum Gasteiger partial charge on any atom is -0.478 e. The van der Waals surface area contributed by atoms with Gasteiger partial charge in [0, 0.05) is 93.7 Å². The number of nitrogens with zero attached hydrogens (tertiary/aromatic N) is 3. The zero-order chi connectivity index (χ0) is 87.0. The summed E-state index contributed by atoms with van der Waals surface area (Å²) in [6, 6.07) is 29.7. The van der Waals surface area contributed by atoms with Crippen LogP contribution in [0.25, 0.3) is 0 Å². The summed E-state index contributed by atoms with van der Waals surface area (Å²) in [5.41, 5.74) is -15.2. The van der Waals surface area contributed by atoms with Crippen LogP contribution in [0.3, 0.4) is 0 Å². The third-order valence-corrected chi connectivity index (χ3v) is 19.8. The van der Waals surface area contributed by atoms with Crippen LogP contribution in [-0.2, 0) is 39.3 Å². The summed E-state index contributed by atoms with van der Waals surface area (Å²) in [6.07, 6.45) is -25.4. The van der Waals surface area contributed by atoms with Crippen LogP contribution in [-0.4, -0.2) is 82.2 Å². The highest BCUT2D eigenvalue weighted by molar-refractivity contribution is 9.11. The SMILES string of the molecule is CC(F)(c1cc(Br)c(N)c(C(F)(F)F)c1)C(F)(F)F.O=C(Cc1c(Br)cc(C(F)(C(F)(F)F)C(F)(F)F)cc1C(F)(F)F)c1cccc(N(CC2CC2)C(=O)c2ccc(Cl)cc2)c1F.O=C(Cl)c1cccc(N(CC2CC2)C(=O)c2ccc(Cl)cc2)c1F.O=C(O)c1cccc(N(CC2CC2)C(=O)c2ccc(Cl)cc2)c1F.O=S(Cl)Cl. The predicted molar refractivity (Wildman–Crippen MR) is 404 cm³/mol. The molecule has 0 radical (unpaired) electrons. The van der Waals surface area contributed by atoms with Crippen molar-refractivity contribution in [2.75, 3.05) is 40.1 Å². The fourth-order valence-electron chi connectivity index (χ4n) is 10.8. The van der Waals surface area contributed by atoms with Gasteiger partial charge < -0.3 is 25.5 Å². The number of alkyl halides is 17. The van der Waals surface area contributed by atoms with Gasteiger partial charge in [0.1, 0.15) is 0 Å². The van der Waals surface area contributed by atoms with E-state index >= 15 is 4.39 Å². The molecule has 3 aliphatic carbocycles. The van der Waals surface area contributed by atoms with Crippen LogP contribution in [0, 0.1) is 35.2 Å². The zero-order valence-corrected chi connectivity index (χ0v) is 67.0. The number of nitrogens with two attached hydrogens (primary N) is 1. The molecule has 3 N–H and O–H groups in total. The van der Waals surface area contributed by atoms with E-state index in [0.717, 1.165) is 61.6 Å². The Kier molecular flexibility index (Phi) is 31.7. The van der Waals surface area contributed by atoms with Crippen LogP contribution in [0.15, 0.2) is 161 Å². The largest absolute Gasteiger partial charge is 0.478 e. The molecule has 3 amide bonds. The van der Waals surface area contributed by atoms with Gasteiger partial charge >= 0.3 is 42.5 Å². The lowest BCUT2D eigenvalue weighted by molar-refractivity contribution is -0.348. The van der Waals surface area contributed by atoms with Crippen molar-refractivity contribution in [1.29, 1.82) is 0 Å². The molecule has 0 heterocycles. The second-order valence-electron chi connectivity index (χ2n) is 25.9. The fourth-order valence-corrected chi connectivity index (χ4v) is 12.4. The summed E-state index contributed by atoms with van der Waals surface area (Å²) in [4.78, 5) is 78.4. The van der Waals surface area contributed by atoms with Gasteiger partial charge in [0.25, 0.3) is 23.0 Å². The van der Waals surface area contributed by atoms with E-state index in [1.165, 1.54) is 70.5 Å². The lowest BCUT2D eigenvalue weighted by atomic mass is 9.89. The molecule has 8 aromatic carbocycles. The number of Topliss-reactive ketones (excluding diaryl/α,β-unsaturated/α-hetero) is 1. The molecule has 11 rings (SSSR count). The van der Waals surface area contributed by atoms with E-state index < -0.39 is 164 Å². The van der Waals surface area contributed by atoms with Crippen LogP contribution < -0.4 is 20.4 Å². The second-order valence-corrected chi connectivity index (χ2v) is 31.8. The van der Waals surface area contributed by atoms with Crippen molar-refractivity contribution < 1.29 is 126 Å². The van der Waals surface area contributed by atoms with Crippen LogP contribution in [0.4, 0.5) is 111 Å². The number of aromatic carboxylic acids is 1. The number of anilines is 4. The third kappa shape index (κ3) is 24.3. The van der Waals surface area contributed by atoms with E-state index in [1.54, 1.807) is 48.5 Å². The molecule has 3 fully saturated rings. The van der Waals surface area contributed by atoms with Crippen LogP contribution in [0.5, 0.6) is 0 Å². The first kappa shape index (κ1) is 95.4. The number of carboxylic acid groups (broad SMARTS) is 1. The van der Waals surface area contributed by atoms with Gasteiger partial charge in [0.2, 0.25) is 14.9 Å². The maximum Gasteiger partial charge on any atom is 0.435 e. The van der Waals surface area contributed by atoms with E-state index in [9.17, 15) is 112 Å². The van der Waals surface area contributed by atoms with E-state index in [0.29, 0.717) is 57.2 Å². The lowest BCUT2D eigenvalue weighted by Crippen LogP contribution is -2.50. The summed E-state index contributed by atoms with van der Waals surface area (Å²) < 4.78 is 278. The summed E-state index contributed by atoms with van der Waals surface area (Å²) in [6.45, 7) is 0.940. The monoisotopic (exact) mass is 1920 g/mol. The Bertz CT molecular complexity index is 4830. The zero-order valence-electron chi connectivity index (χ0n) is 58.5. The maximum atomic E-state index is 15.8. The molecule has 1 atom stereocenters. The van der Waals surface area contributed by atoms with Crippen LogP contribution in [0.2, 0.25) is 15.1 Å². The second kappa shape index (κ2) is 38.5. The number of nitrogen functional groups attached to an aromatic ring is 1. The molecule has 41 heteroatoms. The Morgan fingerprint density at radius 3 is 1.09 bits per heavy atom. The summed E-state index contributed by atoms with van der Waals surface area (Å²) in [7, 11) is 7.36. The summed E-state index contributed by atoms with van der Waals surface area (Å²) >= 11 is 28.0. The van der Waals surface area contributed by atoms with Crippen molar-refractivity contribution >= 4 is 166 Å². The highest BCUT2D eigenvalue weighted by Gasteiger charge is 2.74.